The second-order valence-corrected chi connectivity index (χ2v) is 6.17. The van der Waals surface area contributed by atoms with Crippen molar-refractivity contribution in [2.24, 2.45) is 0 Å². The van der Waals surface area contributed by atoms with Crippen LogP contribution in [0.3, 0.4) is 0 Å². The molecular weight excluding hydrogens is 338 g/mol. The zero-order chi connectivity index (χ0) is 16.5. The van der Waals surface area contributed by atoms with Gasteiger partial charge in [-0.3, -0.25) is 0 Å². The molecule has 0 amide bonds. The highest BCUT2D eigenvalue weighted by molar-refractivity contribution is 7.80. The average molecular weight is 350 g/mol. The van der Waals surface area contributed by atoms with Gasteiger partial charge in [-0.25, -0.2) is 4.98 Å². The molecule has 4 heteroatoms. The Balaban J connectivity index is 1.89. The smallest absolute Gasteiger partial charge is 0.199 e. The molecule has 3 aromatic carbocycles. The summed E-state index contributed by atoms with van der Waals surface area (Å²) in [5.41, 5.74) is 2.68. The Bertz CT molecular complexity index is 1010. The third kappa shape index (κ3) is 2.73. The minimum absolute atomic E-state index is 0.423. The summed E-state index contributed by atoms with van der Waals surface area (Å²) in [6.45, 7) is 0. The lowest BCUT2D eigenvalue weighted by Crippen LogP contribution is -2.09. The molecule has 0 saturated carbocycles. The van der Waals surface area contributed by atoms with E-state index in [4.69, 9.17) is 33.5 Å². The minimum Gasteiger partial charge on any atom is -0.445 e. The lowest BCUT2D eigenvalue weighted by Gasteiger charge is -2.13. The van der Waals surface area contributed by atoms with Crippen molar-refractivity contribution in [3.8, 4) is 5.75 Å². The Labute approximate surface area is 149 Å². The van der Waals surface area contributed by atoms with Crippen LogP contribution in [0.15, 0.2) is 72.8 Å². The molecule has 0 radical (unpaired) electrons. The van der Waals surface area contributed by atoms with Gasteiger partial charge in [0, 0.05) is 21.4 Å². The van der Waals surface area contributed by atoms with Gasteiger partial charge >= 0.3 is 0 Å². The third-order valence-corrected chi connectivity index (χ3v) is 4.36. The van der Waals surface area contributed by atoms with E-state index in [2.05, 4.69) is 0 Å². The quantitative estimate of drug-likeness (QED) is 0.337. The fourth-order valence-corrected chi connectivity index (χ4v) is 3.16. The van der Waals surface area contributed by atoms with Gasteiger partial charge in [0.15, 0.2) is 5.05 Å². The molecule has 4 aromatic rings. The Hall–Kier alpha value is -2.49. The van der Waals surface area contributed by atoms with Gasteiger partial charge in [0.25, 0.3) is 0 Å². The van der Waals surface area contributed by atoms with Crippen LogP contribution in [0, 0.1) is 0 Å². The van der Waals surface area contributed by atoms with Crippen LogP contribution in [0.2, 0.25) is 5.02 Å². The summed E-state index contributed by atoms with van der Waals surface area (Å²) in [6, 6.07) is 23.1. The summed E-state index contributed by atoms with van der Waals surface area (Å²) in [5, 5.41) is 3.05. The average Bonchev–Trinajstić information content (AvgIpc) is 2.61. The van der Waals surface area contributed by atoms with Gasteiger partial charge in [-0.2, -0.15) is 0 Å². The van der Waals surface area contributed by atoms with E-state index in [1.165, 1.54) is 0 Å². The first-order chi connectivity index (χ1) is 11.7. The molecule has 0 spiro atoms. The first-order valence-electron chi connectivity index (χ1n) is 7.47. The lowest BCUT2D eigenvalue weighted by atomic mass is 10.0. The number of hydrogen-bond donors (Lipinski definition) is 0. The third-order valence-electron chi connectivity index (χ3n) is 3.82. The van der Waals surface area contributed by atoms with Gasteiger partial charge in [0.05, 0.1) is 11.0 Å². The van der Waals surface area contributed by atoms with Crippen LogP contribution in [0.1, 0.15) is 5.56 Å². The van der Waals surface area contributed by atoms with E-state index < -0.39 is 0 Å². The molecule has 1 heterocycles. The van der Waals surface area contributed by atoms with Crippen molar-refractivity contribution < 1.29 is 4.74 Å². The Morgan fingerprint density at radius 3 is 1.92 bits per heavy atom. The van der Waals surface area contributed by atoms with E-state index >= 15 is 0 Å². The molecular formula is C20H12ClNOS. The van der Waals surface area contributed by atoms with E-state index in [0.29, 0.717) is 15.8 Å². The fraction of sp³-hybridized carbons (Fsp3) is 0. The summed E-state index contributed by atoms with van der Waals surface area (Å²) in [7, 11) is 0. The van der Waals surface area contributed by atoms with Crippen molar-refractivity contribution in [3.05, 3.63) is 83.4 Å². The van der Waals surface area contributed by atoms with Crippen LogP contribution in [0.4, 0.5) is 0 Å². The van der Waals surface area contributed by atoms with Gasteiger partial charge in [0.1, 0.15) is 5.75 Å². The first-order valence-corrected chi connectivity index (χ1v) is 8.26. The van der Waals surface area contributed by atoms with Crippen LogP contribution in [-0.4, -0.2) is 10.0 Å². The Kier molecular flexibility index (Phi) is 3.89. The van der Waals surface area contributed by atoms with E-state index in [-0.39, 0.29) is 0 Å². The number of nitrogens with zero attached hydrogens (tertiary/aromatic N) is 1. The first kappa shape index (κ1) is 15.1. The number of benzene rings is 3. The standard InChI is InChI=1S/C20H12ClNOS/c21-13-9-11-14(12-10-13)23-20(24)19-15-5-1-3-7-17(15)22-18-8-4-2-6-16(18)19/h1-12H. The van der Waals surface area contributed by atoms with Crippen molar-refractivity contribution in [1.29, 1.82) is 0 Å². The molecule has 0 atom stereocenters. The number of pyridine rings is 1. The summed E-state index contributed by atoms with van der Waals surface area (Å²) < 4.78 is 5.92. The lowest BCUT2D eigenvalue weighted by molar-refractivity contribution is 0.567. The maximum absolute atomic E-state index is 5.92. The highest BCUT2D eigenvalue weighted by Crippen LogP contribution is 2.28. The molecule has 0 aliphatic carbocycles. The molecule has 0 bridgehead atoms. The number of aromatic nitrogens is 1. The highest BCUT2D eigenvalue weighted by Gasteiger charge is 2.14. The number of halogens is 1. The number of rotatable bonds is 2. The van der Waals surface area contributed by atoms with Gasteiger partial charge in [0.2, 0.25) is 0 Å². The molecule has 24 heavy (non-hydrogen) atoms. The zero-order valence-electron chi connectivity index (χ0n) is 12.6. The van der Waals surface area contributed by atoms with Crippen LogP contribution in [0.25, 0.3) is 21.8 Å². The monoisotopic (exact) mass is 349 g/mol. The highest BCUT2D eigenvalue weighted by atomic mass is 35.5. The number of hydrogen-bond acceptors (Lipinski definition) is 3. The summed E-state index contributed by atoms with van der Waals surface area (Å²) >= 11 is 11.5. The van der Waals surface area contributed by atoms with Crippen molar-refractivity contribution in [2.75, 3.05) is 0 Å². The largest absolute Gasteiger partial charge is 0.445 e. The molecule has 4 rings (SSSR count). The van der Waals surface area contributed by atoms with Crippen molar-refractivity contribution in [1.82, 2.24) is 4.98 Å². The van der Waals surface area contributed by atoms with Crippen LogP contribution < -0.4 is 4.74 Å². The molecule has 2 nitrogen and oxygen atoms in total. The van der Waals surface area contributed by atoms with E-state index in [1.54, 1.807) is 24.3 Å². The molecule has 0 aliphatic heterocycles. The van der Waals surface area contributed by atoms with Crippen molar-refractivity contribution >= 4 is 50.7 Å². The van der Waals surface area contributed by atoms with Crippen LogP contribution in [0.5, 0.6) is 5.75 Å². The van der Waals surface area contributed by atoms with Crippen molar-refractivity contribution in [3.63, 3.8) is 0 Å². The maximum Gasteiger partial charge on any atom is 0.199 e. The predicted octanol–water partition coefficient (Wildman–Crippen LogP) is 5.80. The topological polar surface area (TPSA) is 22.1 Å². The number of thiocarbonyl (C=S) groups is 1. The Morgan fingerprint density at radius 2 is 1.33 bits per heavy atom. The molecule has 0 unspecified atom stereocenters. The Morgan fingerprint density at radius 1 is 0.792 bits per heavy atom. The molecule has 0 saturated heterocycles. The van der Waals surface area contributed by atoms with Gasteiger partial charge in [-0.05, 0) is 48.6 Å². The summed E-state index contributed by atoms with van der Waals surface area (Å²) in [6.07, 6.45) is 0. The second kappa shape index (κ2) is 6.19. The summed E-state index contributed by atoms with van der Waals surface area (Å²) in [5.74, 6) is 0.661. The molecule has 0 N–H and O–H groups in total. The summed E-state index contributed by atoms with van der Waals surface area (Å²) in [4.78, 5) is 4.71. The number of ether oxygens (including phenoxy) is 1. The van der Waals surface area contributed by atoms with Gasteiger partial charge in [-0.15, -0.1) is 0 Å². The van der Waals surface area contributed by atoms with Gasteiger partial charge < -0.3 is 4.74 Å². The maximum atomic E-state index is 5.92. The number of fused-ring (bicyclic) bond motifs is 2. The SMILES string of the molecule is S=C(Oc1ccc(Cl)cc1)c1c2ccccc2nc2ccccc12. The normalized spacial score (nSPS) is 10.9. The zero-order valence-corrected chi connectivity index (χ0v) is 14.1. The van der Waals surface area contributed by atoms with E-state index in [9.17, 15) is 0 Å². The van der Waals surface area contributed by atoms with Crippen LogP contribution >= 0.6 is 23.8 Å². The second-order valence-electron chi connectivity index (χ2n) is 5.36. The van der Waals surface area contributed by atoms with Crippen molar-refractivity contribution in [2.45, 2.75) is 0 Å². The van der Waals surface area contributed by atoms with Crippen LogP contribution in [-0.2, 0) is 0 Å². The predicted molar refractivity (Wildman–Crippen MR) is 103 cm³/mol. The molecule has 1 aromatic heterocycles. The number of para-hydroxylation sites is 2. The molecule has 0 fully saturated rings. The molecule has 0 aliphatic rings. The molecule has 116 valence electrons. The van der Waals surface area contributed by atoms with Gasteiger partial charge in [-0.1, -0.05) is 48.0 Å². The fourth-order valence-electron chi connectivity index (χ4n) is 2.72. The minimum atomic E-state index is 0.423. The van der Waals surface area contributed by atoms with E-state index in [1.807, 2.05) is 48.5 Å². The van der Waals surface area contributed by atoms with E-state index in [0.717, 1.165) is 27.4 Å².